The lowest BCUT2D eigenvalue weighted by Crippen LogP contribution is -2.35. The van der Waals surface area contributed by atoms with Crippen molar-refractivity contribution in [2.24, 2.45) is 0 Å². The van der Waals surface area contributed by atoms with Crippen molar-refractivity contribution in [2.75, 3.05) is 0 Å². The molecule has 16 aromatic carbocycles. The van der Waals surface area contributed by atoms with Gasteiger partial charge in [-0.05, 0) is 219 Å². The molecule has 0 aliphatic carbocycles. The van der Waals surface area contributed by atoms with E-state index in [0.29, 0.717) is 17.5 Å². The number of hydrogen-bond donors (Lipinski definition) is 0. The van der Waals surface area contributed by atoms with Crippen LogP contribution in [0.1, 0.15) is 22.3 Å². The summed E-state index contributed by atoms with van der Waals surface area (Å²) in [5, 5.41) is 2.24. The van der Waals surface area contributed by atoms with E-state index in [1.54, 1.807) is 0 Å². The van der Waals surface area contributed by atoms with Gasteiger partial charge in [0.1, 0.15) is 0 Å². The first-order valence-corrected chi connectivity index (χ1v) is 35.6. The summed E-state index contributed by atoms with van der Waals surface area (Å²) in [6.45, 7) is 0. The molecule has 0 unspecified atom stereocenters. The Kier molecular flexibility index (Phi) is 15.4. The zero-order chi connectivity index (χ0) is 68.9. The lowest BCUT2D eigenvalue weighted by Gasteiger charge is -2.42. The zero-order valence-electron chi connectivity index (χ0n) is 56.9. The summed E-state index contributed by atoms with van der Waals surface area (Å²) >= 11 is 0. The van der Waals surface area contributed by atoms with Gasteiger partial charge >= 0.3 is 0 Å². The second-order valence-corrected chi connectivity index (χ2v) is 27.0. The van der Waals surface area contributed by atoms with E-state index < -0.39 is 5.41 Å². The Labute approximate surface area is 605 Å². The molecule has 104 heavy (non-hydrogen) atoms. The molecule has 1 aliphatic heterocycles. The smallest absolute Gasteiger partial charge is 0.164 e. The van der Waals surface area contributed by atoms with Crippen molar-refractivity contribution in [3.8, 4) is 140 Å². The third-order valence-electron chi connectivity index (χ3n) is 20.8. The minimum atomic E-state index is -0.737. The molecule has 0 atom stereocenters. The second-order valence-electron chi connectivity index (χ2n) is 27.0. The number of aromatic nitrogens is 4. The fraction of sp³-hybridized carbons (Fsp3) is 0.0100. The normalized spacial score (nSPS) is 12.1. The lowest BCUT2D eigenvalue weighted by atomic mass is 9.63. The second kappa shape index (κ2) is 26.1. The molecule has 0 bridgehead atoms. The fourth-order valence-electron chi connectivity index (χ4n) is 15.9. The molecule has 18 aromatic rings. The summed E-state index contributed by atoms with van der Waals surface area (Å²) in [5.74, 6) is 1.72. The third kappa shape index (κ3) is 11.1. The summed E-state index contributed by atoms with van der Waals surface area (Å²) in [7, 11) is 0. The van der Waals surface area contributed by atoms with Gasteiger partial charge in [-0.2, -0.15) is 0 Å². The third-order valence-corrected chi connectivity index (χ3v) is 20.8. The molecule has 486 valence electrons. The van der Waals surface area contributed by atoms with Gasteiger partial charge < -0.3 is 4.57 Å². The van der Waals surface area contributed by atoms with Crippen molar-refractivity contribution in [1.29, 1.82) is 0 Å². The van der Waals surface area contributed by atoms with E-state index in [2.05, 4.69) is 405 Å². The van der Waals surface area contributed by atoms with E-state index in [1.807, 2.05) is 0 Å². The minimum absolute atomic E-state index is 0.574. The van der Waals surface area contributed by atoms with E-state index in [4.69, 9.17) is 15.0 Å². The van der Waals surface area contributed by atoms with Crippen LogP contribution in [0.25, 0.3) is 162 Å². The highest BCUT2D eigenvalue weighted by atomic mass is 15.0. The van der Waals surface area contributed by atoms with Gasteiger partial charge in [-0.1, -0.05) is 303 Å². The Balaban J connectivity index is 0.810. The van der Waals surface area contributed by atoms with Crippen LogP contribution in [0.3, 0.4) is 0 Å². The van der Waals surface area contributed by atoms with Crippen LogP contribution in [-0.4, -0.2) is 19.5 Å². The van der Waals surface area contributed by atoms with Gasteiger partial charge in [0.05, 0.1) is 22.1 Å². The highest BCUT2D eigenvalue weighted by Crippen LogP contribution is 2.55. The Morgan fingerprint density at radius 3 is 0.827 bits per heavy atom. The maximum absolute atomic E-state index is 5.58. The van der Waals surface area contributed by atoms with E-state index >= 15 is 0 Å². The molecule has 2 aromatic heterocycles. The number of fused-ring (bicyclic) bond motifs is 5. The van der Waals surface area contributed by atoms with Crippen LogP contribution in [0.4, 0.5) is 0 Å². The van der Waals surface area contributed by atoms with E-state index in [-0.39, 0.29) is 0 Å². The summed E-state index contributed by atoms with van der Waals surface area (Å²) in [6, 6.07) is 146. The average Bonchev–Trinajstić information content (AvgIpc) is 1.41. The molecule has 0 radical (unpaired) electrons. The van der Waals surface area contributed by atoms with Gasteiger partial charge in [0.25, 0.3) is 0 Å². The molecule has 3 heterocycles. The van der Waals surface area contributed by atoms with Gasteiger partial charge in [-0.25, -0.2) is 15.0 Å². The number of nitrogens with zero attached hydrogens (tertiary/aromatic N) is 4. The summed E-state index contributed by atoms with van der Waals surface area (Å²) in [5.41, 5.74) is 30.5. The van der Waals surface area contributed by atoms with Crippen molar-refractivity contribution in [1.82, 2.24) is 19.5 Å². The largest absolute Gasteiger partial charge is 0.309 e. The van der Waals surface area contributed by atoms with Gasteiger partial charge in [0.2, 0.25) is 0 Å². The summed E-state index contributed by atoms with van der Waals surface area (Å²) in [4.78, 5) is 16.7. The standard InChI is InChI=1S/C100H66N4/c1-9-28-67(29-10-1)79-56-80(68-30-11-2-12-31-68)60-85(59-79)73-40-25-42-76(54-73)97-101-98(77-43-26-41-74(55-77)86-61-81(69-32-13-3-14-33-69)57-82(62-86)70-34-15-4-16-35-70)103-99(102-97)78-51-52-94-91(65-78)90-48-27-49-92-96(90)104(94)95-53-50-75(66-93(95)100(92,88-44-21-7-22-45-88)89-46-23-8-24-47-89)87-63-83(71-36-17-5-18-37-71)58-84(64-87)72-38-19-6-20-39-72/h1-66H. The van der Waals surface area contributed by atoms with Crippen LogP contribution in [0.5, 0.6) is 0 Å². The van der Waals surface area contributed by atoms with Crippen molar-refractivity contribution in [2.45, 2.75) is 5.41 Å². The molecule has 4 heteroatoms. The van der Waals surface area contributed by atoms with Crippen LogP contribution in [0.2, 0.25) is 0 Å². The topological polar surface area (TPSA) is 43.6 Å². The SMILES string of the molecule is c1ccc(-c2cc(-c3ccccc3)cc(-c3cccc(-c4nc(-c5cccc(-c6cc(-c7ccccc7)cc(-c7ccccc7)c6)c5)nc(-c5ccc6c(c5)c5cccc7c5n6-c5ccc(-c6cc(-c8ccccc8)cc(-c8ccccc8)c6)cc5C7(c5ccccc5)c5ccccc5)n4)c3)c2)cc1. The number of benzene rings is 16. The van der Waals surface area contributed by atoms with Crippen molar-refractivity contribution >= 4 is 21.8 Å². The van der Waals surface area contributed by atoms with Crippen LogP contribution in [0, 0.1) is 0 Å². The van der Waals surface area contributed by atoms with E-state index in [1.165, 1.54) is 44.5 Å². The lowest BCUT2D eigenvalue weighted by molar-refractivity contribution is 0.728. The number of para-hydroxylation sites is 1. The minimum Gasteiger partial charge on any atom is -0.309 e. The zero-order valence-corrected chi connectivity index (χ0v) is 56.9. The Hall–Kier alpha value is -13.7. The number of hydrogen-bond acceptors (Lipinski definition) is 3. The molecule has 0 fully saturated rings. The number of rotatable bonds is 14. The van der Waals surface area contributed by atoms with Crippen LogP contribution in [0.15, 0.2) is 400 Å². The molecule has 0 amide bonds. The Morgan fingerprint density at radius 1 is 0.183 bits per heavy atom. The predicted molar refractivity (Wildman–Crippen MR) is 431 cm³/mol. The van der Waals surface area contributed by atoms with Crippen LogP contribution >= 0.6 is 0 Å². The monoisotopic (exact) mass is 1320 g/mol. The highest BCUT2D eigenvalue weighted by molar-refractivity contribution is 6.13. The molecule has 0 saturated carbocycles. The van der Waals surface area contributed by atoms with E-state index in [0.717, 1.165) is 122 Å². The molecular formula is C100H66N4. The molecule has 19 rings (SSSR count). The van der Waals surface area contributed by atoms with Gasteiger partial charge in [0, 0.05) is 27.5 Å². The van der Waals surface area contributed by atoms with Gasteiger partial charge in [0.15, 0.2) is 17.5 Å². The van der Waals surface area contributed by atoms with Crippen molar-refractivity contribution in [3.63, 3.8) is 0 Å². The highest BCUT2D eigenvalue weighted by Gasteiger charge is 2.45. The first-order chi connectivity index (χ1) is 51.5. The van der Waals surface area contributed by atoms with Crippen LogP contribution in [-0.2, 0) is 5.41 Å². The summed E-state index contributed by atoms with van der Waals surface area (Å²) in [6.07, 6.45) is 0. The molecule has 0 saturated heterocycles. The molecular weight excluding hydrogens is 1260 g/mol. The Morgan fingerprint density at radius 2 is 0.462 bits per heavy atom. The Bertz CT molecular complexity index is 5830. The van der Waals surface area contributed by atoms with Gasteiger partial charge in [-0.3, -0.25) is 0 Å². The van der Waals surface area contributed by atoms with Gasteiger partial charge in [-0.15, -0.1) is 0 Å². The maximum atomic E-state index is 5.58. The maximum Gasteiger partial charge on any atom is 0.164 e. The molecule has 1 aliphatic rings. The quantitative estimate of drug-likeness (QED) is 0.109. The predicted octanol–water partition coefficient (Wildman–Crippen LogP) is 25.7. The van der Waals surface area contributed by atoms with E-state index in [9.17, 15) is 0 Å². The fourth-order valence-corrected chi connectivity index (χ4v) is 15.9. The first kappa shape index (κ1) is 61.4. The molecule has 4 nitrogen and oxygen atoms in total. The summed E-state index contributed by atoms with van der Waals surface area (Å²) < 4.78 is 2.52. The van der Waals surface area contributed by atoms with Crippen molar-refractivity contribution < 1.29 is 0 Å². The van der Waals surface area contributed by atoms with Crippen LogP contribution < -0.4 is 0 Å². The average molecular weight is 1320 g/mol. The molecule has 0 N–H and O–H groups in total. The first-order valence-electron chi connectivity index (χ1n) is 35.6. The van der Waals surface area contributed by atoms with Crippen molar-refractivity contribution in [3.05, 3.63) is 423 Å². The molecule has 0 spiro atoms.